The monoisotopic (exact) mass is 283 g/mol. The summed E-state index contributed by atoms with van der Waals surface area (Å²) in [7, 11) is 0. The molecule has 1 fully saturated rings. The van der Waals surface area contributed by atoms with Gasteiger partial charge in [0.1, 0.15) is 0 Å². The van der Waals surface area contributed by atoms with E-state index in [2.05, 4.69) is 31.0 Å². The first kappa shape index (κ1) is 14.5. The Hall–Kier alpha value is -1.41. The molecular formula is C19H25NO. The number of rotatable bonds is 2. The van der Waals surface area contributed by atoms with Crippen LogP contribution in [0.4, 0.5) is 0 Å². The largest absolute Gasteiger partial charge is 0.385 e. The average molecular weight is 283 g/mol. The molecular weight excluding hydrogens is 258 g/mol. The van der Waals surface area contributed by atoms with Gasteiger partial charge in [-0.1, -0.05) is 38.5 Å². The third-order valence-electron chi connectivity index (χ3n) is 5.22. The molecule has 1 saturated carbocycles. The Morgan fingerprint density at radius 1 is 1.19 bits per heavy atom. The zero-order valence-electron chi connectivity index (χ0n) is 13.0. The summed E-state index contributed by atoms with van der Waals surface area (Å²) in [6.07, 6.45) is 8.93. The van der Waals surface area contributed by atoms with Crippen LogP contribution in [0.25, 0.3) is 10.8 Å². The fraction of sp³-hybridized carbons (Fsp3) is 0.526. The predicted octanol–water partition coefficient (Wildman–Crippen LogP) is 4.66. The molecule has 2 unspecified atom stereocenters. The molecule has 0 amide bonds. The second kappa shape index (κ2) is 5.76. The molecule has 21 heavy (non-hydrogen) atoms. The van der Waals surface area contributed by atoms with Gasteiger partial charge in [0.2, 0.25) is 0 Å². The number of fused-ring (bicyclic) bond motifs is 1. The lowest BCUT2D eigenvalue weighted by atomic mass is 9.83. The quantitative estimate of drug-likeness (QED) is 0.813. The van der Waals surface area contributed by atoms with Gasteiger partial charge in [0.25, 0.3) is 0 Å². The van der Waals surface area contributed by atoms with Gasteiger partial charge >= 0.3 is 0 Å². The smallest absolute Gasteiger partial charge is 0.0902 e. The summed E-state index contributed by atoms with van der Waals surface area (Å²) in [5.41, 5.74) is 0.414. The number of nitrogens with zero attached hydrogens (tertiary/aromatic N) is 1. The van der Waals surface area contributed by atoms with Crippen molar-refractivity contribution in [3.05, 3.63) is 42.2 Å². The van der Waals surface area contributed by atoms with E-state index in [1.165, 1.54) is 6.42 Å². The Bertz CT molecular complexity index is 616. The minimum Gasteiger partial charge on any atom is -0.385 e. The zero-order valence-corrected chi connectivity index (χ0v) is 13.0. The highest BCUT2D eigenvalue weighted by Gasteiger charge is 2.34. The molecule has 0 spiro atoms. The van der Waals surface area contributed by atoms with Crippen LogP contribution >= 0.6 is 0 Å². The molecule has 112 valence electrons. The molecule has 2 aromatic rings. The maximum Gasteiger partial charge on any atom is 0.0902 e. The van der Waals surface area contributed by atoms with Crippen molar-refractivity contribution in [2.75, 3.05) is 0 Å². The highest BCUT2D eigenvalue weighted by atomic mass is 16.3. The molecule has 1 aromatic carbocycles. The fourth-order valence-corrected chi connectivity index (χ4v) is 3.81. The number of aliphatic hydroxyl groups is 1. The van der Waals surface area contributed by atoms with E-state index in [0.717, 1.165) is 47.9 Å². The van der Waals surface area contributed by atoms with Crippen LogP contribution < -0.4 is 0 Å². The molecule has 2 heteroatoms. The average Bonchev–Trinajstić information content (AvgIpc) is 2.69. The van der Waals surface area contributed by atoms with E-state index in [1.807, 2.05) is 24.5 Å². The molecule has 1 aliphatic rings. The highest BCUT2D eigenvalue weighted by Crippen LogP contribution is 2.41. The highest BCUT2D eigenvalue weighted by molar-refractivity contribution is 5.85. The lowest BCUT2D eigenvalue weighted by Gasteiger charge is -2.29. The Morgan fingerprint density at radius 2 is 2.05 bits per heavy atom. The summed E-state index contributed by atoms with van der Waals surface area (Å²) in [6, 6.07) is 8.25. The number of hydrogen-bond donors (Lipinski definition) is 1. The standard InChI is InChI=1S/C19H25NO/c1-14(2)15-6-4-10-19(21,11-8-15)18-7-3-5-16-13-20-12-9-17(16)18/h3,5,7,9,12-15,21H,4,6,8,10-11H2,1-2H3. The van der Waals surface area contributed by atoms with Gasteiger partial charge in [-0.3, -0.25) is 4.98 Å². The number of benzene rings is 1. The summed E-state index contributed by atoms with van der Waals surface area (Å²) < 4.78 is 0. The van der Waals surface area contributed by atoms with Gasteiger partial charge in [-0.15, -0.1) is 0 Å². The topological polar surface area (TPSA) is 33.1 Å². The second-order valence-corrected chi connectivity index (χ2v) is 6.87. The molecule has 0 radical (unpaired) electrons. The van der Waals surface area contributed by atoms with Crippen molar-refractivity contribution < 1.29 is 5.11 Å². The van der Waals surface area contributed by atoms with Crippen molar-refractivity contribution in [2.24, 2.45) is 11.8 Å². The van der Waals surface area contributed by atoms with Crippen molar-refractivity contribution in [3.63, 3.8) is 0 Å². The van der Waals surface area contributed by atoms with Crippen LogP contribution in [0.3, 0.4) is 0 Å². The van der Waals surface area contributed by atoms with Gasteiger partial charge < -0.3 is 5.11 Å². The zero-order chi connectivity index (χ0) is 14.9. The first-order chi connectivity index (χ1) is 10.1. The van der Waals surface area contributed by atoms with Crippen LogP contribution in [0.1, 0.15) is 51.5 Å². The van der Waals surface area contributed by atoms with Gasteiger partial charge in [-0.05, 0) is 54.5 Å². The molecule has 3 rings (SSSR count). The van der Waals surface area contributed by atoms with Crippen molar-refractivity contribution in [1.82, 2.24) is 4.98 Å². The maximum absolute atomic E-state index is 11.3. The maximum atomic E-state index is 11.3. The van der Waals surface area contributed by atoms with E-state index in [0.29, 0.717) is 5.92 Å². The third-order valence-corrected chi connectivity index (χ3v) is 5.22. The predicted molar refractivity (Wildman–Crippen MR) is 87.1 cm³/mol. The minimum atomic E-state index is -0.676. The SMILES string of the molecule is CC(C)C1CCCC(O)(c2cccc3cnccc23)CC1. The van der Waals surface area contributed by atoms with Crippen molar-refractivity contribution in [3.8, 4) is 0 Å². The number of hydrogen-bond acceptors (Lipinski definition) is 2. The minimum absolute atomic E-state index is 0.676. The molecule has 1 aliphatic carbocycles. The van der Waals surface area contributed by atoms with E-state index in [4.69, 9.17) is 0 Å². The van der Waals surface area contributed by atoms with Crippen molar-refractivity contribution in [1.29, 1.82) is 0 Å². The van der Waals surface area contributed by atoms with Crippen LogP contribution in [-0.4, -0.2) is 10.1 Å². The fourth-order valence-electron chi connectivity index (χ4n) is 3.81. The van der Waals surface area contributed by atoms with Gasteiger partial charge in [0.15, 0.2) is 0 Å². The first-order valence-electron chi connectivity index (χ1n) is 8.16. The summed E-state index contributed by atoms with van der Waals surface area (Å²) >= 11 is 0. The Morgan fingerprint density at radius 3 is 2.86 bits per heavy atom. The summed E-state index contributed by atoms with van der Waals surface area (Å²) in [5, 5.41) is 13.6. The van der Waals surface area contributed by atoms with E-state index in [1.54, 1.807) is 0 Å². The molecule has 1 N–H and O–H groups in total. The van der Waals surface area contributed by atoms with Gasteiger partial charge in [0, 0.05) is 17.8 Å². The molecule has 2 nitrogen and oxygen atoms in total. The summed E-state index contributed by atoms with van der Waals surface area (Å²) in [4.78, 5) is 4.19. The molecule has 1 heterocycles. The molecule has 1 aromatic heterocycles. The van der Waals surface area contributed by atoms with Crippen LogP contribution in [-0.2, 0) is 5.60 Å². The van der Waals surface area contributed by atoms with Gasteiger partial charge in [-0.2, -0.15) is 0 Å². The van der Waals surface area contributed by atoms with E-state index in [9.17, 15) is 5.11 Å². The summed E-state index contributed by atoms with van der Waals surface area (Å²) in [5.74, 6) is 1.46. The van der Waals surface area contributed by atoms with E-state index < -0.39 is 5.60 Å². The van der Waals surface area contributed by atoms with Crippen LogP contribution in [0.5, 0.6) is 0 Å². The van der Waals surface area contributed by atoms with Crippen LogP contribution in [0.2, 0.25) is 0 Å². The molecule has 0 saturated heterocycles. The molecule has 0 aliphatic heterocycles. The third kappa shape index (κ3) is 2.82. The van der Waals surface area contributed by atoms with Crippen molar-refractivity contribution in [2.45, 2.75) is 51.6 Å². The second-order valence-electron chi connectivity index (χ2n) is 6.87. The Kier molecular flexibility index (Phi) is 3.99. The first-order valence-corrected chi connectivity index (χ1v) is 8.16. The lowest BCUT2D eigenvalue weighted by molar-refractivity contribution is 0.0206. The van der Waals surface area contributed by atoms with Gasteiger partial charge in [0.05, 0.1) is 5.60 Å². The van der Waals surface area contributed by atoms with E-state index in [-0.39, 0.29) is 0 Å². The van der Waals surface area contributed by atoms with Crippen molar-refractivity contribution >= 4 is 10.8 Å². The summed E-state index contributed by atoms with van der Waals surface area (Å²) in [6.45, 7) is 4.61. The molecule has 2 atom stereocenters. The Balaban J connectivity index is 1.97. The Labute approximate surface area is 127 Å². The number of pyridine rings is 1. The lowest BCUT2D eigenvalue weighted by Crippen LogP contribution is -2.25. The molecule has 0 bridgehead atoms. The number of aromatic nitrogens is 1. The van der Waals surface area contributed by atoms with Crippen LogP contribution in [0.15, 0.2) is 36.7 Å². The van der Waals surface area contributed by atoms with Crippen LogP contribution in [0, 0.1) is 11.8 Å². The normalized spacial score (nSPS) is 27.0. The van der Waals surface area contributed by atoms with Gasteiger partial charge in [-0.25, -0.2) is 0 Å². The van der Waals surface area contributed by atoms with E-state index >= 15 is 0 Å².